The smallest absolute Gasteiger partial charge is 0.115 e. The average molecular weight is 628 g/mol. The quantitative estimate of drug-likeness (QED) is 0.175. The zero-order chi connectivity index (χ0) is 28.9. The van der Waals surface area contributed by atoms with Crippen LogP contribution >= 0.6 is 15.9 Å². The van der Waals surface area contributed by atoms with Gasteiger partial charge in [-0.25, -0.2) is 0 Å². The van der Waals surface area contributed by atoms with Crippen LogP contribution in [0.15, 0.2) is 149 Å². The van der Waals surface area contributed by atoms with Gasteiger partial charge in [0.2, 0.25) is 0 Å². The van der Waals surface area contributed by atoms with Gasteiger partial charge in [0, 0.05) is 26.9 Å². The molecule has 10 aromatic rings. The van der Waals surface area contributed by atoms with Crippen LogP contribution in [-0.2, 0) is 0 Å². The maximum atomic E-state index is 5.70. The summed E-state index contributed by atoms with van der Waals surface area (Å²) < 4.78 is 11.4. The van der Waals surface area contributed by atoms with Crippen LogP contribution in [0.2, 0.25) is 0 Å². The van der Waals surface area contributed by atoms with Crippen molar-refractivity contribution < 1.29 is 4.42 Å². The Bertz CT molecular complexity index is 2760. The molecule has 3 nitrogen and oxygen atoms in total. The Kier molecular flexibility index (Phi) is 4.86. The summed E-state index contributed by atoms with van der Waals surface area (Å²) in [6.45, 7) is 0. The van der Waals surface area contributed by atoms with Crippen LogP contribution in [0.1, 0.15) is 0 Å². The Balaban J connectivity index is 1.36. The number of furan rings is 1. The lowest BCUT2D eigenvalue weighted by molar-refractivity contribution is 0.571. The van der Waals surface area contributed by atoms with Gasteiger partial charge in [-0.1, -0.05) is 97.1 Å². The van der Waals surface area contributed by atoms with Gasteiger partial charge in [0.1, 0.15) is 12.5 Å². The molecule has 0 saturated heterocycles. The number of benzene rings is 7. The highest BCUT2D eigenvalue weighted by Crippen LogP contribution is 2.45. The van der Waals surface area contributed by atoms with Gasteiger partial charge in [-0.3, -0.25) is 0 Å². The van der Waals surface area contributed by atoms with Gasteiger partial charge in [-0.2, -0.15) is 0 Å². The van der Waals surface area contributed by atoms with E-state index in [0.717, 1.165) is 32.3 Å². The fourth-order valence-corrected chi connectivity index (χ4v) is 8.14. The molecule has 4 heteroatoms. The first-order valence-corrected chi connectivity index (χ1v) is 15.6. The van der Waals surface area contributed by atoms with Crippen LogP contribution in [0.3, 0.4) is 0 Å². The van der Waals surface area contributed by atoms with Crippen molar-refractivity contribution in [2.75, 3.05) is 0 Å². The van der Waals surface area contributed by atoms with Gasteiger partial charge in [0.15, 0.2) is 0 Å². The topological polar surface area (TPSA) is 23.0 Å². The molecule has 0 radical (unpaired) electrons. The molecular formula is C40H23BrN2O. The number of nitrogens with zero attached hydrogens (tertiary/aromatic N) is 2. The minimum absolute atomic E-state index is 1.02. The fraction of sp³-hybridized carbons (Fsp3) is 0. The summed E-state index contributed by atoms with van der Waals surface area (Å²) in [6.07, 6.45) is 3.69. The summed E-state index contributed by atoms with van der Waals surface area (Å²) >= 11 is 4.11. The third-order valence-corrected chi connectivity index (χ3v) is 10.1. The van der Waals surface area contributed by atoms with Crippen LogP contribution in [0, 0.1) is 0 Å². The third-order valence-electron chi connectivity index (χ3n) is 9.30. The highest BCUT2D eigenvalue weighted by Gasteiger charge is 2.22. The molecule has 44 heavy (non-hydrogen) atoms. The van der Waals surface area contributed by atoms with E-state index in [4.69, 9.17) is 4.42 Å². The van der Waals surface area contributed by atoms with Gasteiger partial charge in [-0.15, -0.1) is 0 Å². The number of fused-ring (bicyclic) bond motifs is 13. The third kappa shape index (κ3) is 3.05. The van der Waals surface area contributed by atoms with E-state index < -0.39 is 0 Å². The lowest BCUT2D eigenvalue weighted by atomic mass is 9.92. The molecule has 0 aliphatic heterocycles. The average Bonchev–Trinajstić information content (AvgIpc) is 3.77. The minimum atomic E-state index is 1.02. The van der Waals surface area contributed by atoms with E-state index in [0.29, 0.717) is 0 Å². The second-order valence-electron chi connectivity index (χ2n) is 11.5. The Morgan fingerprint density at radius 1 is 0.364 bits per heavy atom. The van der Waals surface area contributed by atoms with Gasteiger partial charge >= 0.3 is 0 Å². The second-order valence-corrected chi connectivity index (χ2v) is 12.3. The number of para-hydroxylation sites is 2. The highest BCUT2D eigenvalue weighted by molar-refractivity contribution is 9.10. The number of halogens is 1. The van der Waals surface area contributed by atoms with Gasteiger partial charge in [0.05, 0.1) is 37.9 Å². The number of rotatable bonds is 2. The van der Waals surface area contributed by atoms with E-state index in [-0.39, 0.29) is 0 Å². The SMILES string of the molecule is Brc1c(-n2c3ccccc3c3cocc32)cccc1-n1c2ccccc2c2c3c4ccccc4c4ccccc4c3ccc21. The van der Waals surface area contributed by atoms with Crippen LogP contribution in [0.5, 0.6) is 0 Å². The maximum absolute atomic E-state index is 5.70. The van der Waals surface area contributed by atoms with Crippen LogP contribution < -0.4 is 0 Å². The summed E-state index contributed by atoms with van der Waals surface area (Å²) in [5, 5.41) is 12.5. The van der Waals surface area contributed by atoms with E-state index in [1.165, 1.54) is 59.5 Å². The van der Waals surface area contributed by atoms with E-state index in [9.17, 15) is 0 Å². The summed E-state index contributed by atoms with van der Waals surface area (Å²) in [5.74, 6) is 0. The molecule has 0 fully saturated rings. The Labute approximate surface area is 260 Å². The monoisotopic (exact) mass is 626 g/mol. The van der Waals surface area contributed by atoms with E-state index in [1.54, 1.807) is 0 Å². The van der Waals surface area contributed by atoms with Crippen molar-refractivity contribution in [2.45, 2.75) is 0 Å². The Morgan fingerprint density at radius 3 is 1.59 bits per heavy atom. The zero-order valence-electron chi connectivity index (χ0n) is 23.5. The van der Waals surface area contributed by atoms with Crippen molar-refractivity contribution in [3.05, 3.63) is 144 Å². The molecule has 0 aliphatic rings. The van der Waals surface area contributed by atoms with Crippen molar-refractivity contribution in [3.63, 3.8) is 0 Å². The lowest BCUT2D eigenvalue weighted by Gasteiger charge is -2.16. The van der Waals surface area contributed by atoms with E-state index in [2.05, 4.69) is 152 Å². The highest BCUT2D eigenvalue weighted by atomic mass is 79.9. The molecule has 0 atom stereocenters. The first-order valence-electron chi connectivity index (χ1n) is 14.8. The number of hydrogen-bond acceptors (Lipinski definition) is 1. The Hall–Kier alpha value is -5.32. The second kappa shape index (κ2) is 8.85. The molecule has 3 heterocycles. The lowest BCUT2D eigenvalue weighted by Crippen LogP contribution is -2.01. The normalized spacial score (nSPS) is 12.2. The van der Waals surface area contributed by atoms with Crippen molar-refractivity contribution in [2.24, 2.45) is 0 Å². The largest absolute Gasteiger partial charge is 0.470 e. The molecule has 0 aliphatic carbocycles. The van der Waals surface area contributed by atoms with Crippen LogP contribution in [0.4, 0.5) is 0 Å². The Morgan fingerprint density at radius 2 is 0.886 bits per heavy atom. The zero-order valence-corrected chi connectivity index (χ0v) is 25.0. The predicted octanol–water partition coefficient (Wildman–Crippen LogP) is 11.7. The standard InChI is InChI=1S/C40H23BrN2O/c41-40-35(18-9-19-36(40)43-32-16-7-5-13-27(32)31-22-44-23-37(31)43)42-33-17-8-6-15-30(33)39-34(42)21-20-29-26-12-2-1-10-24(26)25-11-3-4-14-28(25)38(29)39/h1-23H. The predicted molar refractivity (Wildman–Crippen MR) is 188 cm³/mol. The van der Waals surface area contributed by atoms with Crippen molar-refractivity contribution in [1.29, 1.82) is 0 Å². The summed E-state index contributed by atoms with van der Waals surface area (Å²) in [7, 11) is 0. The molecule has 0 amide bonds. The van der Waals surface area contributed by atoms with Gasteiger partial charge < -0.3 is 13.6 Å². The summed E-state index contributed by atoms with van der Waals surface area (Å²) in [6, 6.07) is 46.1. The number of aromatic nitrogens is 2. The van der Waals surface area contributed by atoms with Crippen LogP contribution in [-0.4, -0.2) is 9.13 Å². The van der Waals surface area contributed by atoms with Crippen molar-refractivity contribution in [3.8, 4) is 11.4 Å². The first kappa shape index (κ1) is 24.2. The molecule has 0 spiro atoms. The number of hydrogen-bond donors (Lipinski definition) is 0. The van der Waals surface area contributed by atoms with Crippen LogP contribution in [0.25, 0.3) is 87.3 Å². The molecule has 3 aromatic heterocycles. The molecule has 0 bridgehead atoms. The molecule has 10 rings (SSSR count). The maximum Gasteiger partial charge on any atom is 0.115 e. The summed E-state index contributed by atoms with van der Waals surface area (Å²) in [5.41, 5.74) is 6.72. The fourth-order valence-electron chi connectivity index (χ4n) is 7.52. The molecule has 0 saturated carbocycles. The van der Waals surface area contributed by atoms with Crippen molar-refractivity contribution in [1.82, 2.24) is 9.13 Å². The molecule has 0 N–H and O–H groups in total. The summed E-state index contributed by atoms with van der Waals surface area (Å²) in [4.78, 5) is 0. The molecule has 206 valence electrons. The molecule has 7 aromatic carbocycles. The minimum Gasteiger partial charge on any atom is -0.470 e. The van der Waals surface area contributed by atoms with E-state index >= 15 is 0 Å². The van der Waals surface area contributed by atoms with E-state index in [1.807, 2.05) is 12.5 Å². The van der Waals surface area contributed by atoms with Gasteiger partial charge in [-0.05, 0) is 73.2 Å². The molecular weight excluding hydrogens is 604 g/mol. The van der Waals surface area contributed by atoms with Crippen molar-refractivity contribution >= 4 is 91.9 Å². The molecule has 0 unspecified atom stereocenters. The van der Waals surface area contributed by atoms with Gasteiger partial charge in [0.25, 0.3) is 0 Å². The first-order chi connectivity index (χ1) is 21.8.